The molecule has 1 aliphatic heterocycles. The van der Waals surface area contributed by atoms with Crippen LogP contribution >= 0.6 is 11.8 Å². The average Bonchev–Trinajstić information content (AvgIpc) is 2.98. The molecule has 5 heteroatoms. The van der Waals surface area contributed by atoms with E-state index in [-0.39, 0.29) is 5.91 Å². The lowest BCUT2D eigenvalue weighted by Gasteiger charge is -2.31. The van der Waals surface area contributed by atoms with E-state index in [1.807, 2.05) is 48.7 Å². The van der Waals surface area contributed by atoms with Crippen molar-refractivity contribution in [1.29, 1.82) is 0 Å². The van der Waals surface area contributed by atoms with Gasteiger partial charge < -0.3 is 14.8 Å². The second kappa shape index (κ2) is 6.64. The summed E-state index contributed by atoms with van der Waals surface area (Å²) in [6.45, 7) is 0. The Morgan fingerprint density at radius 1 is 1.00 bits per heavy atom. The lowest BCUT2D eigenvalue weighted by atomic mass is 9.94. The average molecular weight is 355 g/mol. The van der Waals surface area contributed by atoms with E-state index >= 15 is 0 Å². The van der Waals surface area contributed by atoms with Gasteiger partial charge in [0.2, 0.25) is 0 Å². The van der Waals surface area contributed by atoms with E-state index in [9.17, 15) is 4.79 Å². The summed E-state index contributed by atoms with van der Waals surface area (Å²) in [4.78, 5) is 13.6. The summed E-state index contributed by atoms with van der Waals surface area (Å²) in [6.07, 6.45) is 7.35. The fraction of sp³-hybridized carbons (Fsp3) is 0.350. The zero-order valence-electron chi connectivity index (χ0n) is 14.2. The lowest BCUT2D eigenvalue weighted by molar-refractivity contribution is -0.105. The highest BCUT2D eigenvalue weighted by atomic mass is 32.2. The first-order valence-corrected chi connectivity index (χ1v) is 9.87. The number of hydrogen-bond acceptors (Lipinski definition) is 4. The van der Waals surface area contributed by atoms with E-state index in [0.29, 0.717) is 11.3 Å². The number of amides is 1. The molecule has 1 amide bonds. The molecule has 0 atom stereocenters. The van der Waals surface area contributed by atoms with Crippen molar-refractivity contribution in [2.24, 2.45) is 0 Å². The maximum absolute atomic E-state index is 12.4. The third-order valence-electron chi connectivity index (χ3n) is 4.76. The molecule has 130 valence electrons. The van der Waals surface area contributed by atoms with Gasteiger partial charge in [0, 0.05) is 35.1 Å². The van der Waals surface area contributed by atoms with Crippen molar-refractivity contribution in [3.8, 4) is 11.5 Å². The molecule has 0 saturated heterocycles. The predicted octanol–water partition coefficient (Wildman–Crippen LogP) is 5.09. The van der Waals surface area contributed by atoms with E-state index in [0.717, 1.165) is 42.1 Å². The molecule has 2 aromatic carbocycles. The normalized spacial score (nSPS) is 17.5. The van der Waals surface area contributed by atoms with Gasteiger partial charge in [0.15, 0.2) is 11.5 Å². The van der Waals surface area contributed by atoms with Crippen molar-refractivity contribution in [1.82, 2.24) is 0 Å². The number of hydrogen-bond donors (Lipinski definition) is 1. The summed E-state index contributed by atoms with van der Waals surface area (Å²) in [5, 5.41) is 2.94. The maximum Gasteiger partial charge on any atom is 0.255 e. The van der Waals surface area contributed by atoms with E-state index in [1.165, 1.54) is 6.42 Å². The summed E-state index contributed by atoms with van der Waals surface area (Å²) < 4.78 is 12.2. The summed E-state index contributed by atoms with van der Waals surface area (Å²) in [6, 6.07) is 13.2. The zero-order chi connectivity index (χ0) is 17.3. The Morgan fingerprint density at radius 3 is 2.44 bits per heavy atom. The van der Waals surface area contributed by atoms with E-state index in [1.54, 1.807) is 11.8 Å². The fourth-order valence-corrected chi connectivity index (χ4v) is 3.82. The van der Waals surface area contributed by atoms with Crippen LogP contribution in [-0.4, -0.2) is 18.0 Å². The minimum Gasteiger partial charge on any atom is -0.448 e. The first-order chi connectivity index (χ1) is 12.2. The number of rotatable bonds is 3. The molecule has 1 heterocycles. The Labute approximate surface area is 151 Å². The summed E-state index contributed by atoms with van der Waals surface area (Å²) >= 11 is 1.66. The van der Waals surface area contributed by atoms with Crippen LogP contribution in [0.2, 0.25) is 0 Å². The van der Waals surface area contributed by atoms with Gasteiger partial charge in [-0.1, -0.05) is 6.42 Å². The Bertz CT molecular complexity index is 782. The van der Waals surface area contributed by atoms with Gasteiger partial charge in [-0.25, -0.2) is 0 Å². The molecule has 1 spiro atoms. The molecular weight excluding hydrogens is 334 g/mol. The minimum atomic E-state index is -0.489. The first-order valence-electron chi connectivity index (χ1n) is 8.65. The number of ether oxygens (including phenoxy) is 2. The number of thioether (sulfide) groups is 1. The van der Waals surface area contributed by atoms with Gasteiger partial charge in [0.1, 0.15) is 0 Å². The standard InChI is InChI=1S/C20H21NO3S/c1-25-16-8-5-14(6-9-16)19(22)21-15-7-10-17-18(13-15)24-20(23-17)11-3-2-4-12-20/h5-10,13H,2-4,11-12H2,1H3,(H,21,22). The monoisotopic (exact) mass is 355 g/mol. The van der Waals surface area contributed by atoms with Crippen molar-refractivity contribution in [3.63, 3.8) is 0 Å². The molecule has 1 aliphatic carbocycles. The van der Waals surface area contributed by atoms with Crippen molar-refractivity contribution in [3.05, 3.63) is 48.0 Å². The van der Waals surface area contributed by atoms with Crippen LogP contribution in [-0.2, 0) is 0 Å². The van der Waals surface area contributed by atoms with Gasteiger partial charge in [-0.3, -0.25) is 4.79 Å². The number of nitrogens with one attached hydrogen (secondary N) is 1. The highest BCUT2D eigenvalue weighted by molar-refractivity contribution is 7.98. The molecule has 25 heavy (non-hydrogen) atoms. The van der Waals surface area contributed by atoms with Crippen molar-refractivity contribution < 1.29 is 14.3 Å². The van der Waals surface area contributed by atoms with E-state index in [2.05, 4.69) is 5.32 Å². The van der Waals surface area contributed by atoms with Crippen molar-refractivity contribution in [2.75, 3.05) is 11.6 Å². The van der Waals surface area contributed by atoms with Crippen LogP contribution in [0, 0.1) is 0 Å². The Kier molecular flexibility index (Phi) is 4.34. The molecule has 0 unspecified atom stereocenters. The van der Waals surface area contributed by atoms with Gasteiger partial charge in [-0.2, -0.15) is 0 Å². The molecule has 2 aromatic rings. The minimum absolute atomic E-state index is 0.126. The lowest BCUT2D eigenvalue weighted by Crippen LogP contribution is -2.40. The molecule has 4 nitrogen and oxygen atoms in total. The maximum atomic E-state index is 12.4. The molecule has 0 aromatic heterocycles. The summed E-state index contributed by atoms with van der Waals surface area (Å²) in [5.74, 6) is 0.872. The molecule has 2 aliphatic rings. The molecule has 0 radical (unpaired) electrons. The number of benzene rings is 2. The van der Waals surface area contributed by atoms with Crippen LogP contribution in [0.25, 0.3) is 0 Å². The third kappa shape index (κ3) is 3.33. The van der Waals surface area contributed by atoms with Gasteiger partial charge in [-0.15, -0.1) is 11.8 Å². The molecule has 1 N–H and O–H groups in total. The number of anilines is 1. The van der Waals surface area contributed by atoms with Crippen molar-refractivity contribution in [2.45, 2.75) is 42.8 Å². The Hall–Kier alpha value is -2.14. The Balaban J connectivity index is 1.48. The quantitative estimate of drug-likeness (QED) is 0.779. The molecule has 1 fully saturated rings. The Morgan fingerprint density at radius 2 is 1.72 bits per heavy atom. The topological polar surface area (TPSA) is 47.6 Å². The zero-order valence-corrected chi connectivity index (χ0v) is 15.0. The second-order valence-corrected chi connectivity index (χ2v) is 7.40. The van der Waals surface area contributed by atoms with Crippen LogP contribution in [0.4, 0.5) is 5.69 Å². The van der Waals surface area contributed by atoms with Crippen LogP contribution in [0.3, 0.4) is 0 Å². The van der Waals surface area contributed by atoms with E-state index < -0.39 is 5.79 Å². The van der Waals surface area contributed by atoms with Gasteiger partial charge in [0.05, 0.1) is 0 Å². The predicted molar refractivity (Wildman–Crippen MR) is 99.7 cm³/mol. The van der Waals surface area contributed by atoms with Crippen molar-refractivity contribution >= 4 is 23.4 Å². The van der Waals surface area contributed by atoms with E-state index in [4.69, 9.17) is 9.47 Å². The molecular formula is C20H21NO3S. The number of carbonyl (C=O) groups excluding carboxylic acids is 1. The van der Waals surface area contributed by atoms with Crippen LogP contribution in [0.5, 0.6) is 11.5 Å². The molecule has 0 bridgehead atoms. The van der Waals surface area contributed by atoms with Gasteiger partial charge in [0.25, 0.3) is 11.7 Å². The molecule has 4 rings (SSSR count). The third-order valence-corrected chi connectivity index (χ3v) is 5.50. The fourth-order valence-electron chi connectivity index (χ4n) is 3.41. The number of fused-ring (bicyclic) bond motifs is 1. The smallest absolute Gasteiger partial charge is 0.255 e. The summed E-state index contributed by atoms with van der Waals surface area (Å²) in [5.41, 5.74) is 1.35. The van der Waals surface area contributed by atoms with Crippen LogP contribution in [0.1, 0.15) is 42.5 Å². The number of carbonyl (C=O) groups is 1. The highest BCUT2D eigenvalue weighted by Crippen LogP contribution is 2.46. The SMILES string of the molecule is CSc1ccc(C(=O)Nc2ccc3c(c2)OC2(CCCCC2)O3)cc1. The second-order valence-electron chi connectivity index (χ2n) is 6.52. The van der Waals surface area contributed by atoms with Gasteiger partial charge in [-0.05, 0) is 55.5 Å². The molecule has 1 saturated carbocycles. The summed E-state index contributed by atoms with van der Waals surface area (Å²) in [7, 11) is 0. The van der Waals surface area contributed by atoms with Crippen LogP contribution in [0.15, 0.2) is 47.4 Å². The van der Waals surface area contributed by atoms with Gasteiger partial charge >= 0.3 is 0 Å². The largest absolute Gasteiger partial charge is 0.448 e. The van der Waals surface area contributed by atoms with Crippen LogP contribution < -0.4 is 14.8 Å². The highest BCUT2D eigenvalue weighted by Gasteiger charge is 2.42. The first kappa shape index (κ1) is 16.3.